The highest BCUT2D eigenvalue weighted by atomic mass is 16.3. The van der Waals surface area contributed by atoms with E-state index in [2.05, 4.69) is 15.6 Å². The molecule has 2 rings (SSSR count). The largest absolute Gasteiger partial charge is 0.508 e. The Kier molecular flexibility index (Phi) is 2.53. The number of hydrogen-bond acceptors (Lipinski definition) is 4. The predicted octanol–water partition coefficient (Wildman–Crippen LogP) is 0.441. The van der Waals surface area contributed by atoms with Crippen molar-refractivity contribution in [2.75, 3.05) is 13.1 Å². The SMILES string of the molecule is Oc1ccc(CNC2=NCCN2)cc1. The fourth-order valence-electron chi connectivity index (χ4n) is 1.32. The number of guanidine groups is 1. The lowest BCUT2D eigenvalue weighted by Gasteiger charge is -2.06. The van der Waals surface area contributed by atoms with Crippen LogP contribution in [0.25, 0.3) is 0 Å². The molecule has 1 aliphatic heterocycles. The maximum Gasteiger partial charge on any atom is 0.191 e. The summed E-state index contributed by atoms with van der Waals surface area (Å²) in [5.74, 6) is 1.16. The minimum absolute atomic E-state index is 0.296. The Morgan fingerprint density at radius 2 is 2.14 bits per heavy atom. The maximum atomic E-state index is 9.08. The molecule has 1 aliphatic rings. The van der Waals surface area contributed by atoms with Gasteiger partial charge in [0.25, 0.3) is 0 Å². The Balaban J connectivity index is 1.88. The second kappa shape index (κ2) is 4.00. The van der Waals surface area contributed by atoms with E-state index in [-0.39, 0.29) is 0 Å². The molecule has 0 atom stereocenters. The van der Waals surface area contributed by atoms with E-state index in [1.807, 2.05) is 12.1 Å². The summed E-state index contributed by atoms with van der Waals surface area (Å²) in [4.78, 5) is 4.21. The molecule has 4 heteroatoms. The molecule has 0 saturated carbocycles. The summed E-state index contributed by atoms with van der Waals surface area (Å²) < 4.78 is 0. The number of nitrogens with zero attached hydrogens (tertiary/aromatic N) is 1. The van der Waals surface area contributed by atoms with Crippen LogP contribution in [-0.4, -0.2) is 24.2 Å². The second-order valence-corrected chi connectivity index (χ2v) is 3.18. The zero-order valence-corrected chi connectivity index (χ0v) is 7.83. The lowest BCUT2D eigenvalue weighted by molar-refractivity contribution is 0.475. The van der Waals surface area contributed by atoms with Gasteiger partial charge in [-0.2, -0.15) is 0 Å². The number of phenolic OH excluding ortho intramolecular Hbond substituents is 1. The van der Waals surface area contributed by atoms with E-state index in [1.165, 1.54) is 0 Å². The molecular weight excluding hydrogens is 178 g/mol. The highest BCUT2D eigenvalue weighted by Gasteiger charge is 2.03. The van der Waals surface area contributed by atoms with Crippen LogP contribution in [0, 0.1) is 0 Å². The Bertz CT molecular complexity index is 332. The van der Waals surface area contributed by atoms with Gasteiger partial charge < -0.3 is 15.7 Å². The molecular formula is C10H13N3O. The summed E-state index contributed by atoms with van der Waals surface area (Å²) >= 11 is 0. The summed E-state index contributed by atoms with van der Waals surface area (Å²) in [7, 11) is 0. The van der Waals surface area contributed by atoms with Gasteiger partial charge in [0.05, 0.1) is 6.54 Å². The minimum atomic E-state index is 0.296. The first-order valence-electron chi connectivity index (χ1n) is 4.65. The smallest absolute Gasteiger partial charge is 0.191 e. The van der Waals surface area contributed by atoms with E-state index in [9.17, 15) is 0 Å². The van der Waals surface area contributed by atoms with Crippen molar-refractivity contribution in [2.45, 2.75) is 6.54 Å². The predicted molar refractivity (Wildman–Crippen MR) is 55.3 cm³/mol. The van der Waals surface area contributed by atoms with Gasteiger partial charge in [-0.1, -0.05) is 12.1 Å². The molecule has 0 bridgehead atoms. The number of benzene rings is 1. The number of aromatic hydroxyl groups is 1. The first-order chi connectivity index (χ1) is 6.84. The second-order valence-electron chi connectivity index (χ2n) is 3.18. The van der Waals surface area contributed by atoms with Crippen LogP contribution in [0.15, 0.2) is 29.3 Å². The number of rotatable bonds is 2. The van der Waals surface area contributed by atoms with E-state index in [0.29, 0.717) is 5.75 Å². The zero-order chi connectivity index (χ0) is 9.80. The standard InChI is InChI=1S/C10H13N3O/c14-9-3-1-8(2-4-9)7-13-10-11-5-6-12-10/h1-4,14H,5-7H2,(H2,11,12,13). The lowest BCUT2D eigenvalue weighted by atomic mass is 10.2. The molecule has 4 nitrogen and oxygen atoms in total. The van der Waals surface area contributed by atoms with Gasteiger partial charge in [-0.15, -0.1) is 0 Å². The molecule has 0 radical (unpaired) electrons. The van der Waals surface area contributed by atoms with Crippen LogP contribution in [0.3, 0.4) is 0 Å². The van der Waals surface area contributed by atoms with Gasteiger partial charge in [-0.3, -0.25) is 4.99 Å². The summed E-state index contributed by atoms with van der Waals surface area (Å²) in [6, 6.07) is 7.14. The van der Waals surface area contributed by atoms with Crippen molar-refractivity contribution in [3.63, 3.8) is 0 Å². The fraction of sp³-hybridized carbons (Fsp3) is 0.300. The van der Waals surface area contributed by atoms with Crippen LogP contribution in [0.5, 0.6) is 5.75 Å². The molecule has 0 amide bonds. The number of nitrogens with one attached hydrogen (secondary N) is 2. The summed E-state index contributed by atoms with van der Waals surface area (Å²) in [6.45, 7) is 2.49. The number of phenols is 1. The van der Waals surface area contributed by atoms with Crippen molar-refractivity contribution in [2.24, 2.45) is 4.99 Å². The van der Waals surface area contributed by atoms with E-state index in [1.54, 1.807) is 12.1 Å². The molecule has 1 aromatic rings. The summed E-state index contributed by atoms with van der Waals surface area (Å²) in [5, 5.41) is 15.4. The van der Waals surface area contributed by atoms with Gasteiger partial charge >= 0.3 is 0 Å². The summed E-state index contributed by atoms with van der Waals surface area (Å²) in [6.07, 6.45) is 0. The van der Waals surface area contributed by atoms with Crippen molar-refractivity contribution >= 4 is 5.96 Å². The van der Waals surface area contributed by atoms with Crippen molar-refractivity contribution in [1.29, 1.82) is 0 Å². The molecule has 0 saturated heterocycles. The average Bonchev–Trinajstić information content (AvgIpc) is 2.70. The Labute approximate surface area is 82.7 Å². The quantitative estimate of drug-likeness (QED) is 0.636. The average molecular weight is 191 g/mol. The molecule has 0 spiro atoms. The monoisotopic (exact) mass is 191 g/mol. The molecule has 74 valence electrons. The van der Waals surface area contributed by atoms with Crippen molar-refractivity contribution in [3.8, 4) is 5.75 Å². The number of aliphatic imine (C=N–C) groups is 1. The molecule has 3 N–H and O–H groups in total. The van der Waals surface area contributed by atoms with Crippen LogP contribution in [0.2, 0.25) is 0 Å². The normalized spacial score (nSPS) is 14.7. The molecule has 14 heavy (non-hydrogen) atoms. The van der Waals surface area contributed by atoms with Crippen molar-refractivity contribution in [3.05, 3.63) is 29.8 Å². The van der Waals surface area contributed by atoms with Crippen LogP contribution in [-0.2, 0) is 6.54 Å². The van der Waals surface area contributed by atoms with Crippen LogP contribution >= 0.6 is 0 Å². The van der Waals surface area contributed by atoms with Crippen LogP contribution in [0.4, 0.5) is 0 Å². The van der Waals surface area contributed by atoms with E-state index in [0.717, 1.165) is 31.2 Å². The molecule has 1 heterocycles. The van der Waals surface area contributed by atoms with Crippen LogP contribution in [0.1, 0.15) is 5.56 Å². The minimum Gasteiger partial charge on any atom is -0.508 e. The van der Waals surface area contributed by atoms with Gasteiger partial charge in [0.1, 0.15) is 5.75 Å². The fourth-order valence-corrected chi connectivity index (χ4v) is 1.32. The molecule has 0 aliphatic carbocycles. The van der Waals surface area contributed by atoms with Gasteiger partial charge in [0.2, 0.25) is 0 Å². The summed E-state index contributed by atoms with van der Waals surface area (Å²) in [5.41, 5.74) is 1.12. The van der Waals surface area contributed by atoms with Gasteiger partial charge in [0.15, 0.2) is 5.96 Å². The van der Waals surface area contributed by atoms with E-state index < -0.39 is 0 Å². The van der Waals surface area contributed by atoms with Crippen molar-refractivity contribution in [1.82, 2.24) is 10.6 Å². The van der Waals surface area contributed by atoms with Gasteiger partial charge in [-0.05, 0) is 17.7 Å². The maximum absolute atomic E-state index is 9.08. The number of hydrogen-bond donors (Lipinski definition) is 3. The van der Waals surface area contributed by atoms with Crippen molar-refractivity contribution < 1.29 is 5.11 Å². The highest BCUT2D eigenvalue weighted by molar-refractivity contribution is 5.81. The topological polar surface area (TPSA) is 56.6 Å². The third kappa shape index (κ3) is 2.16. The van der Waals surface area contributed by atoms with Gasteiger partial charge in [0, 0.05) is 13.1 Å². The van der Waals surface area contributed by atoms with Crippen LogP contribution < -0.4 is 10.6 Å². The molecule has 1 aromatic carbocycles. The molecule has 0 aromatic heterocycles. The third-order valence-corrected chi connectivity index (χ3v) is 2.07. The first-order valence-corrected chi connectivity index (χ1v) is 4.65. The van der Waals surface area contributed by atoms with E-state index >= 15 is 0 Å². The Hall–Kier alpha value is -1.71. The highest BCUT2D eigenvalue weighted by Crippen LogP contribution is 2.08. The van der Waals surface area contributed by atoms with Gasteiger partial charge in [-0.25, -0.2) is 0 Å². The molecule has 0 fully saturated rings. The Morgan fingerprint density at radius 3 is 2.79 bits per heavy atom. The Morgan fingerprint density at radius 1 is 1.36 bits per heavy atom. The third-order valence-electron chi connectivity index (χ3n) is 2.07. The first kappa shape index (κ1) is 8.87. The lowest BCUT2D eigenvalue weighted by Crippen LogP contribution is -2.33. The molecule has 0 unspecified atom stereocenters. The zero-order valence-electron chi connectivity index (χ0n) is 7.83. The van der Waals surface area contributed by atoms with E-state index in [4.69, 9.17) is 5.11 Å².